The summed E-state index contributed by atoms with van der Waals surface area (Å²) in [6, 6.07) is 0. The van der Waals surface area contributed by atoms with Gasteiger partial charge in [-0.3, -0.25) is 4.79 Å². The van der Waals surface area contributed by atoms with E-state index in [0.29, 0.717) is 38.5 Å². The second-order valence-electron chi connectivity index (χ2n) is 23.1. The molecule has 4 saturated carbocycles. The number of rotatable bonds is 10. The van der Waals surface area contributed by atoms with Crippen molar-refractivity contribution >= 4 is 18.0 Å². The van der Waals surface area contributed by atoms with Crippen LogP contribution in [0.2, 0.25) is 0 Å². The topological polar surface area (TPSA) is 309 Å². The number of Topliss-reactive ketones (excluding diaryl/α,β-unsaturated/α-hetero) is 1. The number of aliphatic hydroxyl groups is 9. The van der Waals surface area contributed by atoms with E-state index in [0.717, 1.165) is 19.1 Å². The highest BCUT2D eigenvalue weighted by Crippen LogP contribution is 2.76. The lowest BCUT2D eigenvalue weighted by Gasteiger charge is -2.71. The highest BCUT2D eigenvalue weighted by Gasteiger charge is 2.71. The molecule has 0 amide bonds. The summed E-state index contributed by atoms with van der Waals surface area (Å²) in [4.78, 5) is 40.3. The first kappa shape index (κ1) is 51.3. The molecule has 67 heavy (non-hydrogen) atoms. The first-order chi connectivity index (χ1) is 31.3. The lowest BCUT2D eigenvalue weighted by atomic mass is 9.33. The van der Waals surface area contributed by atoms with Crippen molar-refractivity contribution in [1.29, 1.82) is 0 Å². The van der Waals surface area contributed by atoms with Crippen molar-refractivity contribution in [3.8, 4) is 0 Å². The van der Waals surface area contributed by atoms with Gasteiger partial charge in [-0.15, -0.1) is 0 Å². The van der Waals surface area contributed by atoms with Crippen molar-refractivity contribution in [1.82, 2.24) is 0 Å². The van der Waals surface area contributed by atoms with E-state index in [2.05, 4.69) is 40.7 Å². The summed E-state index contributed by atoms with van der Waals surface area (Å²) in [5, 5.41) is 108. The summed E-state index contributed by atoms with van der Waals surface area (Å²) in [6.07, 6.45) is -18.9. The van der Waals surface area contributed by atoms with E-state index < -0.39 is 139 Å². The maximum Gasteiger partial charge on any atom is 0.335 e. The van der Waals surface area contributed by atoms with E-state index >= 15 is 0 Å². The lowest BCUT2D eigenvalue weighted by molar-refractivity contribution is -0.391. The van der Waals surface area contributed by atoms with Crippen molar-refractivity contribution in [2.75, 3.05) is 13.2 Å². The van der Waals surface area contributed by atoms with Gasteiger partial charge < -0.3 is 84.3 Å². The largest absolute Gasteiger partial charge is 0.479 e. The highest BCUT2D eigenvalue weighted by molar-refractivity contribution is 5.84. The average Bonchev–Trinajstić information content (AvgIpc) is 3.26. The molecular formula is C48H74O19. The van der Waals surface area contributed by atoms with Crippen LogP contribution in [0.4, 0.5) is 0 Å². The van der Waals surface area contributed by atoms with E-state index in [1.165, 1.54) is 5.57 Å². The Bertz CT molecular complexity index is 1910. The fourth-order valence-electron chi connectivity index (χ4n) is 15.1. The number of aliphatic carboxylic acids is 1. The molecule has 0 spiro atoms. The average molecular weight is 955 g/mol. The Balaban J connectivity index is 1.13. The molecule has 8 aliphatic rings. The van der Waals surface area contributed by atoms with Gasteiger partial charge in [-0.05, 0) is 104 Å². The number of carbonyl (C=O) groups is 3. The molecule has 0 aromatic rings. The summed E-state index contributed by atoms with van der Waals surface area (Å²) < 4.78 is 36.0. The van der Waals surface area contributed by atoms with Gasteiger partial charge >= 0.3 is 5.97 Å². The molecule has 0 aromatic heterocycles. The molecule has 7 fully saturated rings. The molecule has 3 saturated heterocycles. The third-order valence-electron chi connectivity index (χ3n) is 19.2. The van der Waals surface area contributed by atoms with Gasteiger partial charge in [0.15, 0.2) is 25.0 Å². The minimum absolute atomic E-state index is 0.0133. The fraction of sp³-hybridized carbons (Fsp3) is 0.896. The molecule has 0 bridgehead atoms. The van der Waals surface area contributed by atoms with Crippen LogP contribution in [0.15, 0.2) is 11.6 Å². The van der Waals surface area contributed by atoms with E-state index in [4.69, 9.17) is 28.4 Å². The van der Waals surface area contributed by atoms with Gasteiger partial charge in [-0.2, -0.15) is 0 Å². The van der Waals surface area contributed by atoms with Crippen LogP contribution in [-0.4, -0.2) is 181 Å². The zero-order chi connectivity index (χ0) is 49.1. The van der Waals surface area contributed by atoms with Gasteiger partial charge in [-0.25, -0.2) is 4.79 Å². The Labute approximate surface area is 390 Å². The van der Waals surface area contributed by atoms with Gasteiger partial charge in [0.25, 0.3) is 0 Å². The summed E-state index contributed by atoms with van der Waals surface area (Å²) in [5.41, 5.74) is -2.11. The highest BCUT2D eigenvalue weighted by atomic mass is 16.8. The minimum Gasteiger partial charge on any atom is -0.479 e. The molecule has 10 N–H and O–H groups in total. The molecule has 24 atom stereocenters. The number of allylic oxidation sites excluding steroid dienone is 2. The first-order valence-corrected chi connectivity index (χ1v) is 24.1. The summed E-state index contributed by atoms with van der Waals surface area (Å²) in [5.74, 6) is -1.99. The number of aliphatic hydroxyl groups excluding tert-OH is 9. The van der Waals surface area contributed by atoms with Gasteiger partial charge in [0.1, 0.15) is 73.1 Å². The predicted octanol–water partition coefficient (Wildman–Crippen LogP) is 0.0918. The van der Waals surface area contributed by atoms with E-state index in [-0.39, 0.29) is 40.8 Å². The Morgan fingerprint density at radius 1 is 0.746 bits per heavy atom. The quantitative estimate of drug-likeness (QED) is 0.0788. The molecule has 3 aliphatic heterocycles. The maximum atomic E-state index is 13.8. The normalized spacial score (nSPS) is 54.0. The van der Waals surface area contributed by atoms with Crippen molar-refractivity contribution in [2.45, 2.75) is 204 Å². The molecule has 19 heteroatoms. The SMILES string of the molecule is CC(=O)[C@]12CCC(C)(C)CC1C1=CCC3C4(C)CC[C@H](O[C@@H]5OC(C(=O)O)[C@@H](O)[C@H](O[C@@H]6OC[C@@H](O)[C@H](O)C6O)C5O[C@@H]5OC(CO)[C@H](O)[C@H](O)C5O)[C@](C)(C=O)[C@@H]4CCC3(C)[C@]1(C)CC2O. The zero-order valence-electron chi connectivity index (χ0n) is 39.5. The van der Waals surface area contributed by atoms with Crippen LogP contribution in [0.5, 0.6) is 0 Å². The van der Waals surface area contributed by atoms with Crippen LogP contribution in [0.3, 0.4) is 0 Å². The third-order valence-corrected chi connectivity index (χ3v) is 19.2. The molecule has 10 unspecified atom stereocenters. The molecule has 19 nitrogen and oxygen atoms in total. The van der Waals surface area contributed by atoms with Crippen LogP contribution in [0, 0.1) is 50.2 Å². The van der Waals surface area contributed by atoms with E-state index in [1.54, 1.807) is 13.8 Å². The van der Waals surface area contributed by atoms with Gasteiger partial charge in [-0.1, -0.05) is 53.2 Å². The van der Waals surface area contributed by atoms with Gasteiger partial charge in [0.05, 0.1) is 36.3 Å². The molecule has 0 radical (unpaired) electrons. The van der Waals surface area contributed by atoms with E-state index in [1.807, 2.05) is 0 Å². The molecule has 380 valence electrons. The van der Waals surface area contributed by atoms with Crippen molar-refractivity contribution in [3.63, 3.8) is 0 Å². The predicted molar refractivity (Wildman–Crippen MR) is 230 cm³/mol. The monoisotopic (exact) mass is 954 g/mol. The lowest BCUT2D eigenvalue weighted by Crippen LogP contribution is -2.69. The second-order valence-corrected chi connectivity index (χ2v) is 23.1. The fourth-order valence-corrected chi connectivity index (χ4v) is 15.1. The minimum atomic E-state index is -2.13. The Kier molecular flexibility index (Phi) is 13.7. The smallest absolute Gasteiger partial charge is 0.335 e. The van der Waals surface area contributed by atoms with Crippen LogP contribution in [-0.2, 0) is 42.8 Å². The molecular weight excluding hydrogens is 881 g/mol. The Morgan fingerprint density at radius 2 is 1.42 bits per heavy atom. The Morgan fingerprint density at radius 3 is 2.06 bits per heavy atom. The number of carboxylic acids is 1. The van der Waals surface area contributed by atoms with Crippen LogP contribution in [0.25, 0.3) is 0 Å². The molecule has 8 rings (SSSR count). The second kappa shape index (κ2) is 17.9. The standard InChI is InChI=1S/C48H74O19/c1-21(51)48-15-14-43(2,3)16-23(48)22-8-9-27-44(4)12-11-29(45(5,20-50)26(44)10-13-46(27,6)47(22,7)17-28(48)53)64-42-38(67-41-34(58)32(56)31(55)25(18-49)63-41)36(35(59)37(66-42)39(60)61)65-40-33(57)30(54)24(52)19-62-40/h8,20,23-38,40-42,49,52-59H,9-19H2,1-7H3,(H,60,61)/t23?,24-,25?,26-,27?,28?,29+,30+,31+,32+,33?,34?,35+,36+,37?,38?,40+,41+,42-,44?,45-,46?,47-,48-/m1/s1. The number of hydrogen-bond acceptors (Lipinski definition) is 18. The van der Waals surface area contributed by atoms with Crippen molar-refractivity contribution in [2.24, 2.45) is 50.2 Å². The summed E-state index contributed by atoms with van der Waals surface area (Å²) in [7, 11) is 0. The third kappa shape index (κ3) is 7.84. The van der Waals surface area contributed by atoms with Gasteiger partial charge in [0.2, 0.25) is 0 Å². The summed E-state index contributed by atoms with van der Waals surface area (Å²) in [6.45, 7) is 13.3. The number of aldehydes is 1. The number of ketones is 1. The maximum absolute atomic E-state index is 13.8. The van der Waals surface area contributed by atoms with Crippen LogP contribution < -0.4 is 0 Å². The number of ether oxygens (including phenoxy) is 6. The van der Waals surface area contributed by atoms with Crippen molar-refractivity contribution < 1.29 is 93.9 Å². The molecule has 0 aromatic carbocycles. The number of hydrogen-bond donors (Lipinski definition) is 10. The number of carbonyl (C=O) groups excluding carboxylic acids is 2. The first-order valence-electron chi connectivity index (χ1n) is 24.1. The van der Waals surface area contributed by atoms with Gasteiger partial charge in [0, 0.05) is 0 Å². The molecule has 3 heterocycles. The number of fused-ring (bicyclic) bond motifs is 7. The van der Waals surface area contributed by atoms with Crippen LogP contribution in [0.1, 0.15) is 106 Å². The Hall–Kier alpha value is -2.05. The zero-order valence-corrected chi connectivity index (χ0v) is 39.5. The number of carboxylic acid groups (broad SMARTS) is 1. The van der Waals surface area contributed by atoms with Crippen molar-refractivity contribution in [3.05, 3.63) is 11.6 Å². The van der Waals surface area contributed by atoms with E-state index in [9.17, 15) is 65.4 Å². The molecule has 5 aliphatic carbocycles. The summed E-state index contributed by atoms with van der Waals surface area (Å²) >= 11 is 0. The van der Waals surface area contributed by atoms with Crippen LogP contribution >= 0.6 is 0 Å².